The molecule has 9 heteroatoms. The second-order valence-corrected chi connectivity index (χ2v) is 6.12. The van der Waals surface area contributed by atoms with E-state index in [9.17, 15) is 16.8 Å². The van der Waals surface area contributed by atoms with Crippen molar-refractivity contribution in [2.75, 3.05) is 0 Å². The summed E-state index contributed by atoms with van der Waals surface area (Å²) in [5.41, 5.74) is 6.83. The molecule has 0 spiro atoms. The van der Waals surface area contributed by atoms with E-state index >= 15 is 0 Å². The summed E-state index contributed by atoms with van der Waals surface area (Å²) < 4.78 is 61.9. The Morgan fingerprint density at radius 2 is 1.41 bits per heavy atom. The molecule has 1 radical (unpaired) electrons. The zero-order valence-corrected chi connectivity index (χ0v) is 10.3. The van der Waals surface area contributed by atoms with E-state index in [4.69, 9.17) is 14.8 Å². The molecule has 1 rings (SSSR count). The largest absolute Gasteiger partial charge is 0.294 e. The molecular weight excluding hydrogens is 270 g/mol. The van der Waals surface area contributed by atoms with E-state index < -0.39 is 30.0 Å². The monoisotopic (exact) mass is 280 g/mol. The quantitative estimate of drug-likeness (QED) is 0.763. The lowest BCUT2D eigenvalue weighted by Gasteiger charge is -2.09. The van der Waals surface area contributed by atoms with Crippen molar-refractivity contribution >= 4 is 20.2 Å². The maximum atomic E-state index is 11.0. The molecule has 0 atom stereocenters. The second-order valence-electron chi connectivity index (χ2n) is 3.34. The predicted molar refractivity (Wildman–Crippen MR) is 57.6 cm³/mol. The number of benzene rings is 1. The van der Waals surface area contributed by atoms with Crippen molar-refractivity contribution in [2.24, 2.45) is 0 Å². The fourth-order valence-corrected chi connectivity index (χ4v) is 3.01. The molecular formula is C8H10NO6S2. The third-order valence-corrected chi connectivity index (χ3v) is 4.09. The molecule has 0 fully saturated rings. The van der Waals surface area contributed by atoms with E-state index in [1.165, 1.54) is 0 Å². The van der Waals surface area contributed by atoms with Crippen LogP contribution >= 0.6 is 0 Å². The van der Waals surface area contributed by atoms with Gasteiger partial charge in [-0.1, -0.05) is 0 Å². The smallest absolute Gasteiger partial charge is 0.282 e. The summed E-state index contributed by atoms with van der Waals surface area (Å²) in [6, 6.07) is 1.98. The molecule has 0 bridgehead atoms. The van der Waals surface area contributed by atoms with Gasteiger partial charge in [-0.05, 0) is 30.2 Å². The van der Waals surface area contributed by atoms with Gasteiger partial charge in [-0.15, -0.1) is 0 Å². The van der Waals surface area contributed by atoms with Crippen LogP contribution < -0.4 is 5.73 Å². The molecule has 1 aromatic carbocycles. The maximum Gasteiger partial charge on any atom is 0.294 e. The van der Waals surface area contributed by atoms with Crippen LogP contribution in [0.5, 0.6) is 0 Å². The highest BCUT2D eigenvalue weighted by atomic mass is 32.2. The van der Waals surface area contributed by atoms with Crippen molar-refractivity contribution in [2.45, 2.75) is 23.3 Å². The van der Waals surface area contributed by atoms with Gasteiger partial charge in [-0.2, -0.15) is 16.8 Å². The van der Waals surface area contributed by atoms with E-state index in [1.807, 2.05) is 0 Å². The lowest BCUT2D eigenvalue weighted by molar-refractivity contribution is 0.479. The molecule has 0 aromatic heterocycles. The van der Waals surface area contributed by atoms with Gasteiger partial charge >= 0.3 is 0 Å². The van der Waals surface area contributed by atoms with Crippen molar-refractivity contribution in [3.05, 3.63) is 23.3 Å². The van der Waals surface area contributed by atoms with Gasteiger partial charge in [-0.3, -0.25) is 14.8 Å². The van der Waals surface area contributed by atoms with Crippen LogP contribution in [0.1, 0.15) is 11.1 Å². The summed E-state index contributed by atoms with van der Waals surface area (Å²) in [4.78, 5) is -1.26. The van der Waals surface area contributed by atoms with Crippen molar-refractivity contribution in [3.8, 4) is 0 Å². The van der Waals surface area contributed by atoms with E-state index in [0.717, 1.165) is 19.1 Å². The highest BCUT2D eigenvalue weighted by Crippen LogP contribution is 2.24. The minimum Gasteiger partial charge on any atom is -0.282 e. The summed E-state index contributed by atoms with van der Waals surface area (Å²) in [5, 5.41) is 0. The topological polar surface area (TPSA) is 133 Å². The maximum absolute atomic E-state index is 11.0. The van der Waals surface area contributed by atoms with Crippen molar-refractivity contribution in [1.82, 2.24) is 5.73 Å². The first-order valence-corrected chi connectivity index (χ1v) is 7.18. The SMILES string of the molecule is Cc1c(S(=O)(=O)O)cc(C[NH])cc1S(=O)(=O)O. The molecule has 0 saturated carbocycles. The highest BCUT2D eigenvalue weighted by molar-refractivity contribution is 7.86. The lowest BCUT2D eigenvalue weighted by Crippen LogP contribution is -2.09. The van der Waals surface area contributed by atoms with Gasteiger partial charge in [0.15, 0.2) is 0 Å². The Bertz CT molecular complexity index is 594. The van der Waals surface area contributed by atoms with Gasteiger partial charge in [0.1, 0.15) is 0 Å². The van der Waals surface area contributed by atoms with Crippen LogP contribution in [-0.2, 0) is 26.8 Å². The molecule has 0 unspecified atom stereocenters. The average molecular weight is 280 g/mol. The van der Waals surface area contributed by atoms with Crippen LogP contribution in [0, 0.1) is 6.92 Å². The molecule has 17 heavy (non-hydrogen) atoms. The van der Waals surface area contributed by atoms with Gasteiger partial charge in [0.2, 0.25) is 0 Å². The summed E-state index contributed by atoms with van der Waals surface area (Å²) in [6.07, 6.45) is 0. The van der Waals surface area contributed by atoms with Crippen LogP contribution in [0.3, 0.4) is 0 Å². The summed E-state index contributed by atoms with van der Waals surface area (Å²) >= 11 is 0. The summed E-state index contributed by atoms with van der Waals surface area (Å²) in [7, 11) is -9.22. The first kappa shape index (κ1) is 14.1. The Labute approximate surface area is 98.8 Å². The zero-order valence-electron chi connectivity index (χ0n) is 8.71. The van der Waals surface area contributed by atoms with Crippen LogP contribution in [0.2, 0.25) is 0 Å². The summed E-state index contributed by atoms with van der Waals surface area (Å²) in [5.74, 6) is 0. The van der Waals surface area contributed by atoms with E-state index in [1.54, 1.807) is 0 Å². The highest BCUT2D eigenvalue weighted by Gasteiger charge is 2.22. The Morgan fingerprint density at radius 1 is 1.06 bits per heavy atom. The molecule has 0 saturated heterocycles. The van der Waals surface area contributed by atoms with Crippen LogP contribution in [0.25, 0.3) is 0 Å². The predicted octanol–water partition coefficient (Wildman–Crippen LogP) is 0.271. The summed E-state index contributed by atoms with van der Waals surface area (Å²) in [6.45, 7) is 0.755. The zero-order chi connectivity index (χ0) is 13.4. The molecule has 95 valence electrons. The van der Waals surface area contributed by atoms with E-state index in [0.29, 0.717) is 0 Å². The number of hydrogen-bond donors (Lipinski definition) is 2. The molecule has 0 aliphatic heterocycles. The molecule has 7 nitrogen and oxygen atoms in total. The van der Waals surface area contributed by atoms with Crippen molar-refractivity contribution < 1.29 is 25.9 Å². The Kier molecular flexibility index (Phi) is 3.60. The Hall–Kier alpha value is -1.00. The molecule has 0 amide bonds. The van der Waals surface area contributed by atoms with Gasteiger partial charge in [0.05, 0.1) is 9.79 Å². The third kappa shape index (κ3) is 3.01. The first-order chi connectivity index (χ1) is 7.57. The third-order valence-electron chi connectivity index (χ3n) is 2.13. The number of hydrogen-bond acceptors (Lipinski definition) is 4. The lowest BCUT2D eigenvalue weighted by atomic mass is 10.1. The van der Waals surface area contributed by atoms with E-state index in [2.05, 4.69) is 0 Å². The molecule has 0 aliphatic carbocycles. The van der Waals surface area contributed by atoms with Crippen LogP contribution in [0.15, 0.2) is 21.9 Å². The van der Waals surface area contributed by atoms with Crippen molar-refractivity contribution in [3.63, 3.8) is 0 Å². The first-order valence-electron chi connectivity index (χ1n) is 4.30. The normalized spacial score (nSPS) is 12.7. The Morgan fingerprint density at radius 3 is 1.65 bits per heavy atom. The molecule has 1 aromatic rings. The fraction of sp³-hybridized carbons (Fsp3) is 0.250. The number of rotatable bonds is 3. The van der Waals surface area contributed by atoms with Crippen LogP contribution in [0.4, 0.5) is 0 Å². The van der Waals surface area contributed by atoms with Gasteiger partial charge in [0.25, 0.3) is 20.2 Å². The van der Waals surface area contributed by atoms with Crippen LogP contribution in [-0.4, -0.2) is 25.9 Å². The van der Waals surface area contributed by atoms with E-state index in [-0.39, 0.29) is 17.7 Å². The molecule has 0 heterocycles. The fourth-order valence-electron chi connectivity index (χ4n) is 1.35. The average Bonchev–Trinajstić information content (AvgIpc) is 2.14. The molecule has 0 aliphatic rings. The standard InChI is InChI=1S/C8H10NO6S2/c1-5-7(16(10,11)12)2-6(4-9)3-8(5)17(13,14)15/h2-3,9H,4H2,1H3,(H,10,11,12)(H,13,14,15). The Balaban J connectivity index is 3.78. The van der Waals surface area contributed by atoms with Gasteiger partial charge in [-0.25, -0.2) is 0 Å². The van der Waals surface area contributed by atoms with Gasteiger partial charge in [0, 0.05) is 6.54 Å². The minimum atomic E-state index is -4.61. The minimum absolute atomic E-state index is 0.0517. The molecule has 3 N–H and O–H groups in total. The van der Waals surface area contributed by atoms with Gasteiger partial charge < -0.3 is 0 Å². The second kappa shape index (κ2) is 4.35. The number of nitrogens with one attached hydrogen (secondary N) is 1. The van der Waals surface area contributed by atoms with Crippen molar-refractivity contribution in [1.29, 1.82) is 0 Å².